The molecule has 140 valence electrons. The summed E-state index contributed by atoms with van der Waals surface area (Å²) >= 11 is 6.25. The summed E-state index contributed by atoms with van der Waals surface area (Å²) in [6, 6.07) is 18.4. The Labute approximate surface area is 168 Å². The predicted molar refractivity (Wildman–Crippen MR) is 111 cm³/mol. The second-order valence-electron chi connectivity index (χ2n) is 6.97. The molecule has 1 aliphatic heterocycles. The summed E-state index contributed by atoms with van der Waals surface area (Å²) < 4.78 is 10.0. The summed E-state index contributed by atoms with van der Waals surface area (Å²) in [5.74, 6) is 0.865. The highest BCUT2D eigenvalue weighted by Crippen LogP contribution is 2.32. The Hall–Kier alpha value is -3.18. The van der Waals surface area contributed by atoms with E-state index in [2.05, 4.69) is 29.6 Å². The molecular formula is C22H19ClN4O. The first kappa shape index (κ1) is 17.0. The lowest BCUT2D eigenvalue weighted by molar-refractivity contribution is 0.302. The molecule has 0 radical (unpaired) electrons. The molecule has 5 nitrogen and oxygen atoms in total. The van der Waals surface area contributed by atoms with E-state index in [1.165, 1.54) is 0 Å². The fourth-order valence-corrected chi connectivity index (χ4v) is 3.72. The molecule has 2 aromatic carbocycles. The van der Waals surface area contributed by atoms with Crippen LogP contribution in [0, 0.1) is 0 Å². The number of rotatable bonds is 3. The van der Waals surface area contributed by atoms with Crippen molar-refractivity contribution in [3.05, 3.63) is 83.3 Å². The number of hydrogen-bond acceptors (Lipinski definition) is 3. The average molecular weight is 391 g/mol. The molecule has 5 rings (SSSR count). The minimum atomic E-state index is 0.488. The third-order valence-corrected chi connectivity index (χ3v) is 5.18. The molecule has 3 heterocycles. The highest BCUT2D eigenvalue weighted by molar-refractivity contribution is 6.33. The zero-order valence-electron chi connectivity index (χ0n) is 15.4. The van der Waals surface area contributed by atoms with Crippen molar-refractivity contribution in [3.63, 3.8) is 0 Å². The fourth-order valence-electron chi connectivity index (χ4n) is 3.47. The molecule has 4 aromatic rings. The molecule has 28 heavy (non-hydrogen) atoms. The van der Waals surface area contributed by atoms with Crippen LogP contribution in [0.3, 0.4) is 0 Å². The van der Waals surface area contributed by atoms with Crippen LogP contribution in [0.25, 0.3) is 11.3 Å². The maximum atomic E-state index is 6.25. The van der Waals surface area contributed by atoms with Crippen molar-refractivity contribution in [3.8, 4) is 17.0 Å². The third-order valence-electron chi connectivity index (χ3n) is 4.88. The van der Waals surface area contributed by atoms with E-state index in [0.717, 1.165) is 39.6 Å². The van der Waals surface area contributed by atoms with E-state index < -0.39 is 0 Å². The summed E-state index contributed by atoms with van der Waals surface area (Å²) in [5, 5.41) is 8.83. The maximum absolute atomic E-state index is 6.25. The van der Waals surface area contributed by atoms with Gasteiger partial charge in [-0.15, -0.1) is 0 Å². The zero-order valence-corrected chi connectivity index (χ0v) is 16.1. The highest BCUT2D eigenvalue weighted by Gasteiger charge is 2.17. The van der Waals surface area contributed by atoms with Gasteiger partial charge in [0.05, 0.1) is 28.6 Å². The molecule has 1 N–H and O–H groups in total. The van der Waals surface area contributed by atoms with Crippen LogP contribution >= 0.6 is 11.6 Å². The Kier molecular flexibility index (Phi) is 4.10. The summed E-state index contributed by atoms with van der Waals surface area (Å²) in [6.45, 7) is 1.17. The molecular weight excluding hydrogens is 372 g/mol. The molecule has 0 spiro atoms. The summed E-state index contributed by atoms with van der Waals surface area (Å²) in [7, 11) is 1.95. The fraction of sp³-hybridized carbons (Fsp3) is 0.136. The van der Waals surface area contributed by atoms with Crippen LogP contribution in [0.5, 0.6) is 5.75 Å². The van der Waals surface area contributed by atoms with Crippen LogP contribution in [0.2, 0.25) is 5.02 Å². The number of benzene rings is 2. The Morgan fingerprint density at radius 2 is 1.93 bits per heavy atom. The van der Waals surface area contributed by atoms with Gasteiger partial charge in [0.1, 0.15) is 12.4 Å². The van der Waals surface area contributed by atoms with E-state index in [1.54, 1.807) is 0 Å². The van der Waals surface area contributed by atoms with Gasteiger partial charge >= 0.3 is 0 Å². The molecule has 0 unspecified atom stereocenters. The van der Waals surface area contributed by atoms with E-state index in [9.17, 15) is 0 Å². The van der Waals surface area contributed by atoms with Gasteiger partial charge in [-0.2, -0.15) is 5.10 Å². The molecule has 0 atom stereocenters. The first-order chi connectivity index (χ1) is 13.7. The molecule has 0 fully saturated rings. The standard InChI is InChI=1S/C22H19ClN4O/c1-26-12-19(23)21(13-26)24-17-8-7-16-11-27-18(14-28-22(16)9-17)10-20(25-27)15-5-3-2-4-6-15/h2-10,12-13,24H,11,14H2,1H3. The van der Waals surface area contributed by atoms with Crippen LogP contribution in [0.1, 0.15) is 11.3 Å². The lowest BCUT2D eigenvalue weighted by Crippen LogP contribution is -2.03. The number of ether oxygens (including phenoxy) is 1. The van der Waals surface area contributed by atoms with Gasteiger partial charge in [0, 0.05) is 42.3 Å². The van der Waals surface area contributed by atoms with Gasteiger partial charge < -0.3 is 14.6 Å². The normalized spacial score (nSPS) is 12.6. The van der Waals surface area contributed by atoms with E-state index in [-0.39, 0.29) is 0 Å². The van der Waals surface area contributed by atoms with Crippen molar-refractivity contribution in [1.29, 1.82) is 0 Å². The van der Waals surface area contributed by atoms with E-state index in [0.29, 0.717) is 18.2 Å². The highest BCUT2D eigenvalue weighted by atomic mass is 35.5. The molecule has 0 bridgehead atoms. The number of anilines is 2. The zero-order chi connectivity index (χ0) is 19.1. The molecule has 6 heteroatoms. The maximum Gasteiger partial charge on any atom is 0.130 e. The largest absolute Gasteiger partial charge is 0.487 e. The van der Waals surface area contributed by atoms with Crippen LogP contribution in [0.15, 0.2) is 67.0 Å². The minimum absolute atomic E-state index is 0.488. The summed E-state index contributed by atoms with van der Waals surface area (Å²) in [5.41, 5.74) is 6.07. The monoisotopic (exact) mass is 390 g/mol. The number of fused-ring (bicyclic) bond motifs is 2. The molecule has 0 amide bonds. The molecule has 0 aliphatic carbocycles. The number of nitrogens with one attached hydrogen (secondary N) is 1. The number of hydrogen-bond donors (Lipinski definition) is 1. The molecule has 0 saturated carbocycles. The Bertz CT molecular complexity index is 1150. The van der Waals surface area contributed by atoms with Crippen LogP contribution in [0.4, 0.5) is 11.4 Å². The van der Waals surface area contributed by atoms with E-state index >= 15 is 0 Å². The van der Waals surface area contributed by atoms with Crippen LogP contribution < -0.4 is 10.1 Å². The van der Waals surface area contributed by atoms with Gasteiger partial charge in [0.15, 0.2) is 0 Å². The van der Waals surface area contributed by atoms with Gasteiger partial charge in [-0.3, -0.25) is 4.68 Å². The van der Waals surface area contributed by atoms with Crippen molar-refractivity contribution in [2.24, 2.45) is 7.05 Å². The van der Waals surface area contributed by atoms with Crippen LogP contribution in [-0.4, -0.2) is 14.3 Å². The quantitative estimate of drug-likeness (QED) is 0.521. The smallest absolute Gasteiger partial charge is 0.130 e. The van der Waals surface area contributed by atoms with Crippen molar-refractivity contribution in [1.82, 2.24) is 14.3 Å². The summed E-state index contributed by atoms with van der Waals surface area (Å²) in [6.07, 6.45) is 3.82. The Morgan fingerprint density at radius 3 is 2.71 bits per heavy atom. The van der Waals surface area contributed by atoms with E-state index in [4.69, 9.17) is 21.4 Å². The molecule has 2 aromatic heterocycles. The van der Waals surface area contributed by atoms with Gasteiger partial charge in [0.25, 0.3) is 0 Å². The Balaban J connectivity index is 1.41. The number of nitrogens with zero attached hydrogens (tertiary/aromatic N) is 3. The first-order valence-electron chi connectivity index (χ1n) is 9.12. The van der Waals surface area contributed by atoms with Gasteiger partial charge in [-0.25, -0.2) is 0 Å². The van der Waals surface area contributed by atoms with Gasteiger partial charge in [-0.05, 0) is 12.1 Å². The molecule has 0 saturated heterocycles. The van der Waals surface area contributed by atoms with Gasteiger partial charge in [-0.1, -0.05) is 48.0 Å². The second kappa shape index (κ2) is 6.77. The minimum Gasteiger partial charge on any atom is -0.487 e. The molecule has 1 aliphatic rings. The first-order valence-corrected chi connectivity index (χ1v) is 9.50. The van der Waals surface area contributed by atoms with Crippen molar-refractivity contribution >= 4 is 23.0 Å². The van der Waals surface area contributed by atoms with Gasteiger partial charge in [0.2, 0.25) is 0 Å². The lowest BCUT2D eigenvalue weighted by atomic mass is 10.1. The topological polar surface area (TPSA) is 44.0 Å². The third kappa shape index (κ3) is 3.14. The van der Waals surface area contributed by atoms with Crippen molar-refractivity contribution in [2.45, 2.75) is 13.2 Å². The Morgan fingerprint density at radius 1 is 1.07 bits per heavy atom. The predicted octanol–water partition coefficient (Wildman–Crippen LogP) is 5.23. The number of aromatic nitrogens is 3. The van der Waals surface area contributed by atoms with Crippen molar-refractivity contribution < 1.29 is 4.74 Å². The number of aryl methyl sites for hydroxylation is 1. The average Bonchev–Trinajstić information content (AvgIpc) is 3.19. The van der Waals surface area contributed by atoms with Crippen LogP contribution in [-0.2, 0) is 20.2 Å². The SMILES string of the molecule is Cn1cc(Cl)c(Nc2ccc3c(c2)OCc2cc(-c4ccccc4)nn2C3)c1. The van der Waals surface area contributed by atoms with Crippen molar-refractivity contribution in [2.75, 3.05) is 5.32 Å². The summed E-state index contributed by atoms with van der Waals surface area (Å²) in [4.78, 5) is 0. The number of halogens is 1. The second-order valence-corrected chi connectivity index (χ2v) is 7.37. The lowest BCUT2D eigenvalue weighted by Gasteiger charge is -2.11. The van der Waals surface area contributed by atoms with E-state index in [1.807, 2.05) is 59.0 Å².